The number of aromatic nitrogens is 1. The fourth-order valence-corrected chi connectivity index (χ4v) is 4.79. The highest BCUT2D eigenvalue weighted by Crippen LogP contribution is 2.40. The second-order valence-corrected chi connectivity index (χ2v) is 7.61. The average Bonchev–Trinajstić information content (AvgIpc) is 3.01. The van der Waals surface area contributed by atoms with Crippen molar-refractivity contribution in [3.63, 3.8) is 0 Å². The van der Waals surface area contributed by atoms with Gasteiger partial charge in [-0.05, 0) is 62.4 Å². The summed E-state index contributed by atoms with van der Waals surface area (Å²) in [6, 6.07) is 6.86. The zero-order valence-corrected chi connectivity index (χ0v) is 15.7. The van der Waals surface area contributed by atoms with E-state index in [-0.39, 0.29) is 11.3 Å². The molecule has 3 aromatic rings. The number of hydrogen-bond donors (Lipinski definition) is 3. The first kappa shape index (κ1) is 17.6. The molecule has 1 aromatic carbocycles. The third-order valence-corrected chi connectivity index (χ3v) is 5.96. The van der Waals surface area contributed by atoms with Crippen molar-refractivity contribution in [1.82, 2.24) is 4.98 Å². The van der Waals surface area contributed by atoms with Crippen molar-refractivity contribution in [2.24, 2.45) is 0 Å². The molecule has 0 atom stereocenters. The highest BCUT2D eigenvalue weighted by Gasteiger charge is 2.25. The normalized spacial score (nSPS) is 13.4. The minimum Gasteiger partial charge on any atom is -0.506 e. The van der Waals surface area contributed by atoms with E-state index in [4.69, 9.17) is 4.74 Å². The monoisotopic (exact) mass is 384 g/mol. The molecular formula is C20H20N2O4S. The number of thiophene rings is 1. The van der Waals surface area contributed by atoms with Crippen LogP contribution in [0.3, 0.4) is 0 Å². The molecule has 4 rings (SSSR count). The van der Waals surface area contributed by atoms with Crippen LogP contribution < -0.4 is 15.6 Å². The van der Waals surface area contributed by atoms with Crippen LogP contribution >= 0.6 is 11.3 Å². The highest BCUT2D eigenvalue weighted by molar-refractivity contribution is 7.18. The lowest BCUT2D eigenvalue weighted by atomic mass is 9.96. The lowest BCUT2D eigenvalue weighted by molar-refractivity contribution is 0.102. The summed E-state index contributed by atoms with van der Waals surface area (Å²) in [4.78, 5) is 29.7. The van der Waals surface area contributed by atoms with Gasteiger partial charge in [-0.2, -0.15) is 0 Å². The summed E-state index contributed by atoms with van der Waals surface area (Å²) in [6.45, 7) is 2.45. The van der Waals surface area contributed by atoms with E-state index in [1.54, 1.807) is 24.3 Å². The van der Waals surface area contributed by atoms with Crippen molar-refractivity contribution in [3.05, 3.63) is 50.6 Å². The Morgan fingerprint density at radius 3 is 2.74 bits per heavy atom. The van der Waals surface area contributed by atoms with Gasteiger partial charge in [-0.15, -0.1) is 11.3 Å². The summed E-state index contributed by atoms with van der Waals surface area (Å²) >= 11 is 1.50. The maximum absolute atomic E-state index is 12.7. The molecule has 0 spiro atoms. The predicted molar refractivity (Wildman–Crippen MR) is 106 cm³/mol. The van der Waals surface area contributed by atoms with Crippen LogP contribution in [0.4, 0.5) is 5.69 Å². The maximum atomic E-state index is 12.7. The van der Waals surface area contributed by atoms with Crippen LogP contribution in [0.25, 0.3) is 10.2 Å². The highest BCUT2D eigenvalue weighted by atomic mass is 32.1. The molecule has 2 heterocycles. The van der Waals surface area contributed by atoms with Crippen LogP contribution in [0.1, 0.15) is 40.6 Å². The Morgan fingerprint density at radius 2 is 2.00 bits per heavy atom. The summed E-state index contributed by atoms with van der Waals surface area (Å²) in [7, 11) is 0. The topological polar surface area (TPSA) is 91.4 Å². The number of ether oxygens (including phenoxy) is 1. The molecule has 0 unspecified atom stereocenters. The number of fused-ring (bicyclic) bond motifs is 3. The second-order valence-electron chi connectivity index (χ2n) is 6.50. The van der Waals surface area contributed by atoms with Gasteiger partial charge in [0.05, 0.1) is 12.0 Å². The van der Waals surface area contributed by atoms with Crippen LogP contribution in [0.15, 0.2) is 29.1 Å². The van der Waals surface area contributed by atoms with Gasteiger partial charge in [-0.25, -0.2) is 0 Å². The minimum absolute atomic E-state index is 0.225. The van der Waals surface area contributed by atoms with Gasteiger partial charge in [-0.1, -0.05) is 0 Å². The molecule has 6 nitrogen and oxygen atoms in total. The number of pyridine rings is 1. The maximum Gasteiger partial charge on any atom is 0.265 e. The van der Waals surface area contributed by atoms with Crippen LogP contribution in [0.2, 0.25) is 0 Å². The van der Waals surface area contributed by atoms with E-state index < -0.39 is 11.5 Å². The number of H-pyrrole nitrogens is 1. The number of benzene rings is 1. The summed E-state index contributed by atoms with van der Waals surface area (Å²) in [5, 5.41) is 14.0. The first-order valence-electron chi connectivity index (χ1n) is 9.02. The molecular weight excluding hydrogens is 364 g/mol. The number of carbonyl (C=O) groups excluding carboxylic acids is 1. The molecule has 27 heavy (non-hydrogen) atoms. The standard InChI is InChI=1S/C20H20N2O4S/c1-2-26-12-9-7-11(8-10-12)21-18(24)16-17(23)15-13-5-3-4-6-14(13)27-20(15)22-19(16)25/h7-10H,2-6H2,1H3,(H,21,24)(H2,22,23,25). The molecule has 7 heteroatoms. The lowest BCUT2D eigenvalue weighted by Gasteiger charge is -2.12. The van der Waals surface area contributed by atoms with Gasteiger partial charge in [0, 0.05) is 10.6 Å². The van der Waals surface area contributed by atoms with E-state index in [1.807, 2.05) is 6.92 Å². The number of hydrogen-bond acceptors (Lipinski definition) is 5. The van der Waals surface area contributed by atoms with E-state index in [0.29, 0.717) is 28.3 Å². The Bertz CT molecular complexity index is 1070. The minimum atomic E-state index is -0.629. The van der Waals surface area contributed by atoms with Crippen LogP contribution in [0.5, 0.6) is 11.5 Å². The lowest BCUT2D eigenvalue weighted by Crippen LogP contribution is -2.23. The molecule has 0 aliphatic heterocycles. The summed E-state index contributed by atoms with van der Waals surface area (Å²) in [5.74, 6) is -0.158. The molecule has 0 saturated carbocycles. The van der Waals surface area contributed by atoms with Crippen LogP contribution in [-0.4, -0.2) is 22.6 Å². The number of nitrogens with one attached hydrogen (secondary N) is 2. The van der Waals surface area contributed by atoms with Gasteiger partial charge >= 0.3 is 0 Å². The van der Waals surface area contributed by atoms with Crippen molar-refractivity contribution < 1.29 is 14.6 Å². The fraction of sp³-hybridized carbons (Fsp3) is 0.300. The molecule has 1 aliphatic rings. The summed E-state index contributed by atoms with van der Waals surface area (Å²) in [5.41, 5.74) is 0.754. The van der Waals surface area contributed by atoms with Gasteiger partial charge in [0.25, 0.3) is 11.5 Å². The molecule has 1 amide bonds. The number of amides is 1. The van der Waals surface area contributed by atoms with Crippen LogP contribution in [0, 0.1) is 0 Å². The van der Waals surface area contributed by atoms with Gasteiger partial charge < -0.3 is 20.1 Å². The molecule has 2 aromatic heterocycles. The number of carbonyl (C=O) groups is 1. The molecule has 0 saturated heterocycles. The number of aromatic hydroxyl groups is 1. The number of rotatable bonds is 4. The van der Waals surface area contributed by atoms with Crippen LogP contribution in [-0.2, 0) is 12.8 Å². The van der Waals surface area contributed by atoms with Gasteiger partial charge in [-0.3, -0.25) is 9.59 Å². The first-order chi connectivity index (χ1) is 13.1. The van der Waals surface area contributed by atoms with Gasteiger partial charge in [0.2, 0.25) is 0 Å². The van der Waals surface area contributed by atoms with E-state index >= 15 is 0 Å². The Hall–Kier alpha value is -2.80. The van der Waals surface area contributed by atoms with Crippen molar-refractivity contribution in [1.29, 1.82) is 0 Å². The quantitative estimate of drug-likeness (QED) is 0.638. The van der Waals surface area contributed by atoms with Gasteiger partial charge in [0.15, 0.2) is 0 Å². The molecule has 0 bridgehead atoms. The first-order valence-corrected chi connectivity index (χ1v) is 9.83. The Kier molecular flexibility index (Phi) is 4.61. The van der Waals surface area contributed by atoms with E-state index in [9.17, 15) is 14.7 Å². The van der Waals surface area contributed by atoms with Gasteiger partial charge in [0.1, 0.15) is 21.9 Å². The van der Waals surface area contributed by atoms with Crippen molar-refractivity contribution in [2.45, 2.75) is 32.6 Å². The molecule has 0 fully saturated rings. The zero-order chi connectivity index (χ0) is 19.0. The van der Waals surface area contributed by atoms with E-state index in [1.165, 1.54) is 16.2 Å². The number of aryl methyl sites for hydroxylation is 2. The second kappa shape index (κ2) is 7.08. The van der Waals surface area contributed by atoms with E-state index in [2.05, 4.69) is 10.3 Å². The largest absolute Gasteiger partial charge is 0.506 e. The Morgan fingerprint density at radius 1 is 1.26 bits per heavy atom. The third-order valence-electron chi connectivity index (χ3n) is 4.75. The molecule has 140 valence electrons. The Balaban J connectivity index is 1.70. The summed E-state index contributed by atoms with van der Waals surface area (Å²) in [6.07, 6.45) is 3.96. The summed E-state index contributed by atoms with van der Waals surface area (Å²) < 4.78 is 5.37. The number of anilines is 1. The third kappa shape index (κ3) is 3.19. The van der Waals surface area contributed by atoms with Crippen molar-refractivity contribution in [3.8, 4) is 11.5 Å². The predicted octanol–water partition coefficient (Wildman–Crippen LogP) is 3.83. The SMILES string of the molecule is CCOc1ccc(NC(=O)c2c(O)c3c4c(sc3[nH]c2=O)CCCC4)cc1. The fourth-order valence-electron chi connectivity index (χ4n) is 3.51. The molecule has 3 N–H and O–H groups in total. The average molecular weight is 384 g/mol. The zero-order valence-electron chi connectivity index (χ0n) is 14.9. The van der Waals surface area contributed by atoms with Crippen molar-refractivity contribution in [2.75, 3.05) is 11.9 Å². The molecule has 1 aliphatic carbocycles. The molecule has 0 radical (unpaired) electrons. The van der Waals surface area contributed by atoms with E-state index in [0.717, 1.165) is 31.2 Å². The Labute approximate surface area is 159 Å². The van der Waals surface area contributed by atoms with Crippen molar-refractivity contribution >= 4 is 33.1 Å². The smallest absolute Gasteiger partial charge is 0.265 e. The number of aromatic amines is 1.